The first-order valence-electron chi connectivity index (χ1n) is 33.1. The number of benzene rings is 13. The van der Waals surface area contributed by atoms with Crippen LogP contribution in [-0.2, 0) is 80.4 Å². The van der Waals surface area contributed by atoms with Gasteiger partial charge in [0.05, 0.1) is 6.20 Å². The van der Waals surface area contributed by atoms with Crippen molar-refractivity contribution in [2.24, 2.45) is 0 Å². The smallest absolute Gasteiger partial charge is 0.245 e. The molecule has 0 bridgehead atoms. The number of para-hydroxylation sites is 1. The summed E-state index contributed by atoms with van der Waals surface area (Å²) in [5.74, 6) is 1.35. The van der Waals surface area contributed by atoms with Gasteiger partial charge in [0, 0.05) is 119 Å². The molecule has 526 valence electrons. The quantitative estimate of drug-likeness (QED) is 0.119. The third kappa shape index (κ3) is 15.0. The van der Waals surface area contributed by atoms with Gasteiger partial charge in [-0.05, 0) is 173 Å². The van der Waals surface area contributed by atoms with Gasteiger partial charge < -0.3 is 4.74 Å². The molecule has 107 heavy (non-hydrogen) atoms. The molecule has 8 aromatic heterocycles. The number of aromatic nitrogens is 8. The van der Waals surface area contributed by atoms with Crippen molar-refractivity contribution < 1.29 is 85.2 Å². The van der Waals surface area contributed by atoms with Crippen LogP contribution >= 0.6 is 72.9 Å². The molecule has 0 spiro atoms. The fourth-order valence-corrected chi connectivity index (χ4v) is 17.7. The van der Waals surface area contributed by atoms with Crippen molar-refractivity contribution in [1.29, 1.82) is 0 Å². The molecule has 0 N–H and O–H groups in total. The molecule has 8 heterocycles. The van der Waals surface area contributed by atoms with E-state index in [-0.39, 0.29) is 80.4 Å². The van der Waals surface area contributed by atoms with Gasteiger partial charge in [0.25, 0.3) is 0 Å². The Kier molecular flexibility index (Phi) is 22.9. The molecule has 0 fully saturated rings. The van der Waals surface area contributed by atoms with E-state index in [1.165, 1.54) is 40.3 Å². The number of rotatable bonds is 6. The zero-order valence-electron chi connectivity index (χ0n) is 56.1. The Morgan fingerprint density at radius 2 is 0.626 bits per heavy atom. The average Bonchev–Trinajstić information content (AvgIpc) is 0.947. The summed E-state index contributed by atoms with van der Waals surface area (Å²) in [5, 5.41) is 57.8. The van der Waals surface area contributed by atoms with Crippen LogP contribution in [0.2, 0.25) is 5.15 Å². The van der Waals surface area contributed by atoms with Crippen LogP contribution in [0.25, 0.3) is 169 Å². The molecule has 21 aromatic rings. The van der Waals surface area contributed by atoms with E-state index in [1.54, 1.807) is 45.3 Å². The van der Waals surface area contributed by atoms with E-state index in [4.69, 9.17) is 16.3 Å². The van der Waals surface area contributed by atoms with E-state index in [9.17, 15) is 0 Å². The molecule has 21 rings (SSSR count). The van der Waals surface area contributed by atoms with Crippen LogP contribution in [0.3, 0.4) is 0 Å². The second kappa shape index (κ2) is 32.6. The molecule has 0 saturated heterocycles. The molecule has 9 nitrogen and oxygen atoms in total. The first kappa shape index (κ1) is 75.1. The summed E-state index contributed by atoms with van der Waals surface area (Å²) >= 11 is 16.6. The van der Waals surface area contributed by atoms with Crippen molar-refractivity contribution in [3.8, 4) is 53.9 Å². The minimum absolute atomic E-state index is 0. The molecule has 13 aromatic carbocycles. The van der Waals surface area contributed by atoms with E-state index in [0.29, 0.717) is 11.0 Å². The normalized spacial score (nSPS) is 11.1. The van der Waals surface area contributed by atoms with Crippen LogP contribution in [0.5, 0.6) is 11.6 Å². The van der Waals surface area contributed by atoms with Crippen molar-refractivity contribution in [2.75, 3.05) is 0 Å². The van der Waals surface area contributed by atoms with Crippen molar-refractivity contribution in [3.05, 3.63) is 312 Å². The minimum atomic E-state index is 0. The van der Waals surface area contributed by atoms with Crippen molar-refractivity contribution in [1.82, 2.24) is 40.8 Å². The number of nitrogens with zero attached hydrogens (tertiary/aromatic N) is 8. The van der Waals surface area contributed by atoms with E-state index in [1.807, 2.05) is 80.7 Å². The summed E-state index contributed by atoms with van der Waals surface area (Å²) in [6.45, 7) is 4.10. The Hall–Kier alpha value is -8.73. The van der Waals surface area contributed by atoms with Crippen LogP contribution in [-0.4, -0.2) is 40.8 Å². The maximum absolute atomic E-state index is 6.37. The van der Waals surface area contributed by atoms with Crippen LogP contribution in [0.1, 0.15) is 11.1 Å². The van der Waals surface area contributed by atoms with Crippen LogP contribution in [0.4, 0.5) is 0 Å². The minimum Gasteiger partial charge on any atom is -0.437 e. The largest absolute Gasteiger partial charge is 0.437 e. The third-order valence-electron chi connectivity index (χ3n) is 18.2. The second-order valence-electron chi connectivity index (χ2n) is 24.8. The number of hydrogen-bond acceptors (Lipinski definition) is 13. The maximum Gasteiger partial charge on any atom is 0.245 e. The Balaban J connectivity index is 0.000000119. The molecule has 0 atom stereocenters. The fourth-order valence-electron chi connectivity index (χ4n) is 13.1. The zero-order valence-corrected chi connectivity index (χ0v) is 71.3. The number of ether oxygens (including phenoxy) is 1. The Morgan fingerprint density at radius 3 is 1.05 bits per heavy atom. The summed E-state index contributed by atoms with van der Waals surface area (Å²) in [7, 11) is 0. The SMILES string of the molecule is Brc1nnc(-c2[c-]c3ccccc3s2)c2cc3ccccc3cc12.Cc1cccc(C)c1Oc1nnc(-c2[c-]c3ccccc3s2)c2cc3ccccc3cc12.Clc1nnc(-c2[c-]c3ccccc3s2)c2cc3ccccc3cc12.[Ir].[Ir].[Ir].[Ir].[c-]1c(-c2nncc3cc4ccccc4cc23)sc2ccccc12. The predicted octanol–water partition coefficient (Wildman–Crippen LogP) is 25.7. The van der Waals surface area contributed by atoms with Crippen LogP contribution < -0.4 is 4.74 Å². The summed E-state index contributed by atoms with van der Waals surface area (Å²) in [5.41, 5.74) is 5.61. The molecule has 0 aliphatic heterocycles. The van der Waals surface area contributed by atoms with Gasteiger partial charge in [0.1, 0.15) is 10.4 Å². The van der Waals surface area contributed by atoms with Crippen molar-refractivity contribution >= 4 is 199 Å². The Morgan fingerprint density at radius 1 is 0.308 bits per heavy atom. The summed E-state index contributed by atoms with van der Waals surface area (Å²) in [6.07, 6.45) is 1.83. The third-order valence-corrected chi connectivity index (χ3v) is 23.4. The van der Waals surface area contributed by atoms with Gasteiger partial charge in [-0.1, -0.05) is 200 Å². The standard InChI is InChI=1S/C28H19N2OS.C20H10BrN2S.C20H10ClN2S.C20H11N2S.4Ir/c1-17-8-7-9-18(2)27(17)31-28-23-15-20-11-4-3-10-19(20)14-22(23)26(29-30-28)25-16-21-12-5-6-13-24(21)32-25;2*21-20-16-10-13-6-2-1-5-12(13)9-15(16)19(22-23-20)18-11-14-7-3-4-8-17(14)24-18;1-2-6-14-10-17-16(9-13(14)5-1)12-21-22-20(17)19-11-15-7-3-4-8-18(15)23-19;;;;/h3-15H,1-2H3;2*1-10H;1-10,12H;;;;/q4*-1;;;;. The molecule has 0 aliphatic rings. The Labute approximate surface area is 697 Å². The summed E-state index contributed by atoms with van der Waals surface area (Å²) in [4.78, 5) is 4.04. The molecular weight excluding hydrogens is 2200 g/mol. The number of aryl methyl sites for hydroxylation is 2. The van der Waals surface area contributed by atoms with Gasteiger partial charge in [-0.3, -0.25) is 0 Å². The maximum atomic E-state index is 6.37. The van der Waals surface area contributed by atoms with E-state index >= 15 is 0 Å². The van der Waals surface area contributed by atoms with E-state index < -0.39 is 0 Å². The molecule has 19 heteroatoms. The molecule has 0 unspecified atom stereocenters. The van der Waals surface area contributed by atoms with Gasteiger partial charge >= 0.3 is 0 Å². The van der Waals surface area contributed by atoms with Gasteiger partial charge in [0.15, 0.2) is 5.15 Å². The molecule has 0 aliphatic carbocycles. The van der Waals surface area contributed by atoms with Gasteiger partial charge in [0.2, 0.25) is 5.88 Å². The number of halogens is 2. The van der Waals surface area contributed by atoms with Gasteiger partial charge in [-0.2, -0.15) is 30.6 Å². The topological polar surface area (TPSA) is 112 Å². The van der Waals surface area contributed by atoms with Crippen molar-refractivity contribution in [3.63, 3.8) is 0 Å². The number of hydrogen-bond donors (Lipinski definition) is 0. The molecule has 0 amide bonds. The average molecular weight is 2250 g/mol. The zero-order chi connectivity index (χ0) is 69.1. The molecular formula is C88H50BrClIr4N8OS4-4. The van der Waals surface area contributed by atoms with Crippen molar-refractivity contribution in [2.45, 2.75) is 13.8 Å². The van der Waals surface area contributed by atoms with Gasteiger partial charge in [-0.15, -0.1) is 105 Å². The van der Waals surface area contributed by atoms with E-state index in [0.717, 1.165) is 150 Å². The number of fused-ring (bicyclic) bond motifs is 12. The first-order valence-corrected chi connectivity index (χ1v) is 37.5. The van der Waals surface area contributed by atoms with Crippen LogP contribution in [0, 0.1) is 38.1 Å². The Bertz CT molecular complexity index is 6590. The monoisotopic (exact) mass is 2250 g/mol. The second-order valence-corrected chi connectivity index (χ2v) is 30.1. The summed E-state index contributed by atoms with van der Waals surface area (Å²) < 4.78 is 12.0. The predicted molar refractivity (Wildman–Crippen MR) is 435 cm³/mol. The summed E-state index contributed by atoms with van der Waals surface area (Å²) in [6, 6.07) is 104. The van der Waals surface area contributed by atoms with Gasteiger partial charge in [-0.25, -0.2) is 45.3 Å². The fraction of sp³-hybridized carbons (Fsp3) is 0.0227. The van der Waals surface area contributed by atoms with Crippen LogP contribution in [0.15, 0.2) is 272 Å². The molecule has 0 saturated carbocycles. The first-order chi connectivity index (χ1) is 50.6. The number of thiophene rings is 4. The molecule has 4 radical (unpaired) electrons. The van der Waals surface area contributed by atoms with E-state index in [2.05, 4.69) is 281 Å².